The van der Waals surface area contributed by atoms with Crippen LogP contribution in [-0.4, -0.2) is 34.1 Å². The molecule has 0 amide bonds. The molecule has 2 aromatic carbocycles. The van der Waals surface area contributed by atoms with Crippen molar-refractivity contribution in [2.24, 2.45) is 4.99 Å². The molecule has 4 aromatic rings. The molecule has 0 saturated heterocycles. The second kappa shape index (κ2) is 9.69. The number of aliphatic imine (C=N–C) groups is 1. The predicted molar refractivity (Wildman–Crippen MR) is 121 cm³/mol. The maximum absolute atomic E-state index is 4.46. The molecule has 0 saturated carbocycles. The van der Waals surface area contributed by atoms with Crippen molar-refractivity contribution in [2.45, 2.75) is 19.5 Å². The number of guanidine groups is 1. The van der Waals surface area contributed by atoms with E-state index >= 15 is 0 Å². The highest BCUT2D eigenvalue weighted by atomic mass is 15.2. The summed E-state index contributed by atoms with van der Waals surface area (Å²) in [7, 11) is 1.79. The third-order valence-corrected chi connectivity index (χ3v) is 4.99. The van der Waals surface area contributed by atoms with E-state index in [0.29, 0.717) is 0 Å². The molecule has 6 nitrogen and oxygen atoms in total. The Labute approximate surface area is 176 Å². The zero-order valence-corrected chi connectivity index (χ0v) is 17.1. The molecule has 0 unspecified atom stereocenters. The van der Waals surface area contributed by atoms with Gasteiger partial charge in [-0.25, -0.2) is 4.98 Å². The fraction of sp³-hybridized carbons (Fsp3) is 0.208. The Bertz CT molecular complexity index is 1100. The van der Waals surface area contributed by atoms with Crippen LogP contribution in [-0.2, 0) is 19.5 Å². The van der Waals surface area contributed by atoms with Gasteiger partial charge in [-0.15, -0.1) is 0 Å². The van der Waals surface area contributed by atoms with E-state index in [1.807, 2.05) is 48.9 Å². The lowest BCUT2D eigenvalue weighted by molar-refractivity contribution is 0.783. The van der Waals surface area contributed by atoms with E-state index in [-0.39, 0.29) is 0 Å². The van der Waals surface area contributed by atoms with Gasteiger partial charge in [-0.3, -0.25) is 9.98 Å². The summed E-state index contributed by atoms with van der Waals surface area (Å²) in [5, 5.41) is 6.70. The van der Waals surface area contributed by atoms with Crippen molar-refractivity contribution in [3.8, 4) is 0 Å². The van der Waals surface area contributed by atoms with Crippen LogP contribution in [0.1, 0.15) is 16.8 Å². The van der Waals surface area contributed by atoms with Gasteiger partial charge in [0.2, 0.25) is 0 Å². The summed E-state index contributed by atoms with van der Waals surface area (Å²) in [6, 6.07) is 22.8. The van der Waals surface area contributed by atoms with Crippen LogP contribution in [0.25, 0.3) is 11.0 Å². The summed E-state index contributed by atoms with van der Waals surface area (Å²) < 4.78 is 2.18. The molecule has 0 aliphatic heterocycles. The molecule has 0 aliphatic rings. The average molecular weight is 399 g/mol. The predicted octanol–water partition coefficient (Wildman–Crippen LogP) is 3.39. The first-order valence-electron chi connectivity index (χ1n) is 10.1. The van der Waals surface area contributed by atoms with Crippen molar-refractivity contribution < 1.29 is 0 Å². The molecular weight excluding hydrogens is 372 g/mol. The molecule has 0 bridgehead atoms. The first-order chi connectivity index (χ1) is 14.8. The van der Waals surface area contributed by atoms with Crippen LogP contribution in [0.15, 0.2) is 84.2 Å². The Hall–Kier alpha value is -3.67. The van der Waals surface area contributed by atoms with Gasteiger partial charge in [0.05, 0.1) is 17.4 Å². The van der Waals surface area contributed by atoms with Crippen LogP contribution in [0.5, 0.6) is 0 Å². The summed E-state index contributed by atoms with van der Waals surface area (Å²) >= 11 is 0. The minimum absolute atomic E-state index is 0.720. The minimum Gasteiger partial charge on any atom is -0.356 e. The molecule has 2 aromatic heterocycles. The van der Waals surface area contributed by atoms with Gasteiger partial charge in [-0.05, 0) is 35.4 Å². The molecule has 0 atom stereocenters. The van der Waals surface area contributed by atoms with Crippen molar-refractivity contribution in [2.75, 3.05) is 13.6 Å². The zero-order chi connectivity index (χ0) is 20.6. The van der Waals surface area contributed by atoms with Crippen molar-refractivity contribution in [3.05, 3.63) is 96.1 Å². The zero-order valence-electron chi connectivity index (χ0n) is 17.1. The molecule has 2 N–H and O–H groups in total. The SMILES string of the molecule is CN=C(NCCc1ccccn1)NCc1ccc(Cn2cnc3ccccc32)cc1. The maximum atomic E-state index is 4.46. The number of para-hydroxylation sites is 2. The number of nitrogens with one attached hydrogen (secondary N) is 2. The highest BCUT2D eigenvalue weighted by molar-refractivity contribution is 5.79. The number of hydrogen-bond acceptors (Lipinski definition) is 3. The summed E-state index contributed by atoms with van der Waals surface area (Å²) in [5.74, 6) is 0.792. The number of rotatable bonds is 7. The maximum Gasteiger partial charge on any atom is 0.191 e. The van der Waals surface area contributed by atoms with Gasteiger partial charge < -0.3 is 15.2 Å². The molecule has 6 heteroatoms. The first-order valence-corrected chi connectivity index (χ1v) is 10.1. The lowest BCUT2D eigenvalue weighted by Crippen LogP contribution is -2.37. The monoisotopic (exact) mass is 398 g/mol. The van der Waals surface area contributed by atoms with E-state index in [1.54, 1.807) is 7.05 Å². The normalized spacial score (nSPS) is 11.6. The van der Waals surface area contributed by atoms with Crippen LogP contribution in [0.2, 0.25) is 0 Å². The molecule has 0 radical (unpaired) electrons. The van der Waals surface area contributed by atoms with Crippen LogP contribution in [0.4, 0.5) is 0 Å². The minimum atomic E-state index is 0.720. The summed E-state index contributed by atoms with van der Waals surface area (Å²) in [6.45, 7) is 2.32. The third kappa shape index (κ3) is 5.03. The molecule has 0 aliphatic carbocycles. The molecule has 2 heterocycles. The standard InChI is InChI=1S/C24H26N6/c1-25-24(27-15-13-21-6-4-5-14-26-21)28-16-19-9-11-20(12-10-19)17-30-18-29-22-7-2-3-8-23(22)30/h2-12,14,18H,13,15-17H2,1H3,(H2,25,27,28). The van der Waals surface area contributed by atoms with Crippen molar-refractivity contribution in [3.63, 3.8) is 0 Å². The fourth-order valence-electron chi connectivity index (χ4n) is 3.36. The van der Waals surface area contributed by atoms with Gasteiger partial charge >= 0.3 is 0 Å². The van der Waals surface area contributed by atoms with Crippen LogP contribution < -0.4 is 10.6 Å². The third-order valence-electron chi connectivity index (χ3n) is 4.99. The highest BCUT2D eigenvalue weighted by Crippen LogP contribution is 2.14. The summed E-state index contributed by atoms with van der Waals surface area (Å²) in [5.41, 5.74) is 5.72. The number of imidazole rings is 1. The Morgan fingerprint density at radius 2 is 1.70 bits per heavy atom. The lowest BCUT2D eigenvalue weighted by Gasteiger charge is -2.12. The molecule has 152 valence electrons. The smallest absolute Gasteiger partial charge is 0.191 e. The fourth-order valence-corrected chi connectivity index (χ4v) is 3.36. The van der Waals surface area contributed by atoms with Crippen molar-refractivity contribution >= 4 is 17.0 Å². The van der Waals surface area contributed by atoms with Crippen molar-refractivity contribution in [1.29, 1.82) is 0 Å². The Morgan fingerprint density at radius 1 is 0.900 bits per heavy atom. The Morgan fingerprint density at radius 3 is 2.50 bits per heavy atom. The molecule has 0 fully saturated rings. The number of pyridine rings is 1. The van der Waals surface area contributed by atoms with Gasteiger partial charge in [0, 0.05) is 45.0 Å². The number of hydrogen-bond donors (Lipinski definition) is 2. The number of nitrogens with zero attached hydrogens (tertiary/aromatic N) is 4. The average Bonchev–Trinajstić information content (AvgIpc) is 3.20. The van der Waals surface area contributed by atoms with Gasteiger partial charge in [0.25, 0.3) is 0 Å². The van der Waals surface area contributed by atoms with Gasteiger partial charge in [-0.1, -0.05) is 42.5 Å². The van der Waals surface area contributed by atoms with E-state index in [4.69, 9.17) is 0 Å². The van der Waals surface area contributed by atoms with E-state index < -0.39 is 0 Å². The second-order valence-corrected chi connectivity index (χ2v) is 7.10. The molecule has 30 heavy (non-hydrogen) atoms. The van der Waals surface area contributed by atoms with E-state index in [2.05, 4.69) is 60.5 Å². The Kier molecular flexibility index (Phi) is 6.35. The first kappa shape index (κ1) is 19.6. The largest absolute Gasteiger partial charge is 0.356 e. The molecule has 4 rings (SSSR count). The molecular formula is C24H26N6. The van der Waals surface area contributed by atoms with Crippen LogP contribution >= 0.6 is 0 Å². The van der Waals surface area contributed by atoms with E-state index in [1.165, 1.54) is 11.1 Å². The quantitative estimate of drug-likeness (QED) is 0.370. The van der Waals surface area contributed by atoms with Crippen LogP contribution in [0, 0.1) is 0 Å². The molecule has 0 spiro atoms. The van der Waals surface area contributed by atoms with Gasteiger partial charge in [-0.2, -0.15) is 0 Å². The number of fused-ring (bicyclic) bond motifs is 1. The number of benzene rings is 2. The van der Waals surface area contributed by atoms with Gasteiger partial charge in [0.15, 0.2) is 5.96 Å². The topological polar surface area (TPSA) is 67.1 Å². The van der Waals surface area contributed by atoms with E-state index in [9.17, 15) is 0 Å². The highest BCUT2D eigenvalue weighted by Gasteiger charge is 2.03. The van der Waals surface area contributed by atoms with Gasteiger partial charge in [0.1, 0.15) is 0 Å². The number of aromatic nitrogens is 3. The van der Waals surface area contributed by atoms with E-state index in [0.717, 1.165) is 48.7 Å². The Balaban J connectivity index is 1.27. The second-order valence-electron chi connectivity index (χ2n) is 7.10. The van der Waals surface area contributed by atoms with Crippen molar-refractivity contribution in [1.82, 2.24) is 25.2 Å². The summed E-state index contributed by atoms with van der Waals surface area (Å²) in [6.07, 6.45) is 4.58. The lowest BCUT2D eigenvalue weighted by atomic mass is 10.1. The summed E-state index contributed by atoms with van der Waals surface area (Å²) in [4.78, 5) is 13.1. The van der Waals surface area contributed by atoms with Crippen LogP contribution in [0.3, 0.4) is 0 Å².